The van der Waals surface area contributed by atoms with Crippen LogP contribution in [0.5, 0.6) is 0 Å². The summed E-state index contributed by atoms with van der Waals surface area (Å²) in [5.74, 6) is 1.14. The quantitative estimate of drug-likeness (QED) is 0.475. The lowest BCUT2D eigenvalue weighted by Gasteiger charge is -2.35. The first kappa shape index (κ1) is 23.9. The first-order valence-corrected chi connectivity index (χ1v) is 11.5. The number of piperazine rings is 1. The van der Waals surface area contributed by atoms with Crippen LogP contribution in [-0.4, -0.2) is 107 Å². The highest BCUT2D eigenvalue weighted by Crippen LogP contribution is 2.21. The summed E-state index contributed by atoms with van der Waals surface area (Å²) >= 11 is 0. The molecular formula is C23H39FN6O. The molecule has 0 saturated carbocycles. The van der Waals surface area contributed by atoms with Crippen LogP contribution in [0.15, 0.2) is 29.3 Å². The lowest BCUT2D eigenvalue weighted by molar-refractivity contribution is 0.0170. The summed E-state index contributed by atoms with van der Waals surface area (Å²) in [5, 5.41) is 6.97. The van der Waals surface area contributed by atoms with Crippen molar-refractivity contribution < 1.29 is 9.13 Å². The number of rotatable bonds is 8. The van der Waals surface area contributed by atoms with Crippen LogP contribution < -0.4 is 10.6 Å². The van der Waals surface area contributed by atoms with Crippen LogP contribution in [0, 0.1) is 11.7 Å². The molecule has 174 valence electrons. The van der Waals surface area contributed by atoms with E-state index in [2.05, 4.69) is 44.3 Å². The van der Waals surface area contributed by atoms with Gasteiger partial charge in [-0.1, -0.05) is 19.1 Å². The third kappa shape index (κ3) is 7.71. The largest absolute Gasteiger partial charge is 0.379 e. The van der Waals surface area contributed by atoms with E-state index in [1.165, 1.54) is 12.1 Å². The van der Waals surface area contributed by atoms with Crippen molar-refractivity contribution in [2.45, 2.75) is 13.0 Å². The molecule has 0 aromatic heterocycles. The van der Waals surface area contributed by atoms with Gasteiger partial charge in [-0.15, -0.1) is 0 Å². The number of hydrogen-bond donors (Lipinski definition) is 2. The van der Waals surface area contributed by atoms with Gasteiger partial charge in [0.15, 0.2) is 5.96 Å². The normalized spacial score (nSPS) is 21.6. The molecule has 1 aromatic rings. The molecule has 0 bridgehead atoms. The Morgan fingerprint density at radius 3 is 2.32 bits per heavy atom. The Labute approximate surface area is 186 Å². The molecule has 3 rings (SSSR count). The van der Waals surface area contributed by atoms with Gasteiger partial charge in [0, 0.05) is 66.0 Å². The number of guanidine groups is 1. The number of halogens is 1. The fraction of sp³-hybridized carbons (Fsp3) is 0.696. The molecule has 0 aliphatic carbocycles. The van der Waals surface area contributed by atoms with Gasteiger partial charge in [-0.3, -0.25) is 9.89 Å². The topological polar surface area (TPSA) is 55.4 Å². The minimum atomic E-state index is -0.204. The van der Waals surface area contributed by atoms with E-state index in [1.807, 2.05) is 19.2 Å². The number of aliphatic imine (C=N–C) groups is 1. The Morgan fingerprint density at radius 1 is 1.03 bits per heavy atom. The van der Waals surface area contributed by atoms with Crippen molar-refractivity contribution in [1.82, 2.24) is 25.3 Å². The molecule has 2 aliphatic rings. The van der Waals surface area contributed by atoms with E-state index in [0.717, 1.165) is 77.1 Å². The van der Waals surface area contributed by atoms with E-state index in [0.29, 0.717) is 12.5 Å². The van der Waals surface area contributed by atoms with Crippen molar-refractivity contribution in [1.29, 1.82) is 0 Å². The Balaban J connectivity index is 1.49. The minimum Gasteiger partial charge on any atom is -0.379 e. The molecule has 0 amide bonds. The SMILES string of the molecule is CN=C(NCC(C)CN1CCN(C)CC1)NCC(c1ccc(F)cc1)N1CCOCC1. The van der Waals surface area contributed by atoms with Crippen molar-refractivity contribution in [2.24, 2.45) is 10.9 Å². The zero-order valence-corrected chi connectivity index (χ0v) is 19.3. The highest BCUT2D eigenvalue weighted by atomic mass is 19.1. The molecule has 2 aliphatic heterocycles. The summed E-state index contributed by atoms with van der Waals surface area (Å²) in [7, 11) is 4.00. The van der Waals surface area contributed by atoms with Gasteiger partial charge in [0.2, 0.25) is 0 Å². The lowest BCUT2D eigenvalue weighted by Crippen LogP contribution is -2.48. The van der Waals surface area contributed by atoms with E-state index in [1.54, 1.807) is 0 Å². The molecule has 2 atom stereocenters. The fourth-order valence-corrected chi connectivity index (χ4v) is 4.25. The van der Waals surface area contributed by atoms with E-state index in [-0.39, 0.29) is 11.9 Å². The molecule has 8 heteroatoms. The van der Waals surface area contributed by atoms with Gasteiger partial charge in [-0.2, -0.15) is 0 Å². The average Bonchev–Trinajstić information content (AvgIpc) is 2.79. The molecule has 0 spiro atoms. The molecule has 2 N–H and O–H groups in total. The average molecular weight is 435 g/mol. The predicted molar refractivity (Wildman–Crippen MR) is 124 cm³/mol. The van der Waals surface area contributed by atoms with Crippen molar-refractivity contribution in [2.75, 3.05) is 86.2 Å². The van der Waals surface area contributed by atoms with Crippen LogP contribution in [0.1, 0.15) is 18.5 Å². The maximum absolute atomic E-state index is 13.4. The van der Waals surface area contributed by atoms with Crippen molar-refractivity contribution in [3.8, 4) is 0 Å². The number of ether oxygens (including phenoxy) is 1. The van der Waals surface area contributed by atoms with Crippen LogP contribution in [-0.2, 0) is 4.74 Å². The van der Waals surface area contributed by atoms with E-state index in [4.69, 9.17) is 4.74 Å². The van der Waals surface area contributed by atoms with Crippen LogP contribution in [0.3, 0.4) is 0 Å². The summed E-state index contributed by atoms with van der Waals surface area (Å²) in [5.41, 5.74) is 1.11. The maximum Gasteiger partial charge on any atom is 0.191 e. The lowest BCUT2D eigenvalue weighted by atomic mass is 10.0. The first-order chi connectivity index (χ1) is 15.0. The summed E-state index contributed by atoms with van der Waals surface area (Å²) in [6, 6.07) is 6.98. The number of nitrogens with zero attached hydrogens (tertiary/aromatic N) is 4. The van der Waals surface area contributed by atoms with Gasteiger partial charge < -0.3 is 25.2 Å². The molecule has 2 saturated heterocycles. The van der Waals surface area contributed by atoms with Gasteiger partial charge in [0.05, 0.1) is 19.3 Å². The maximum atomic E-state index is 13.4. The second-order valence-corrected chi connectivity index (χ2v) is 8.76. The number of benzene rings is 1. The highest BCUT2D eigenvalue weighted by molar-refractivity contribution is 5.79. The van der Waals surface area contributed by atoms with Gasteiger partial charge in [-0.25, -0.2) is 4.39 Å². The molecular weight excluding hydrogens is 395 g/mol. The Kier molecular flexibility index (Phi) is 9.52. The second kappa shape index (κ2) is 12.3. The van der Waals surface area contributed by atoms with Crippen LogP contribution in [0.2, 0.25) is 0 Å². The Hall–Kier alpha value is -1.74. The van der Waals surface area contributed by atoms with Crippen LogP contribution in [0.25, 0.3) is 0 Å². The minimum absolute atomic E-state index is 0.144. The first-order valence-electron chi connectivity index (χ1n) is 11.5. The van der Waals surface area contributed by atoms with E-state index < -0.39 is 0 Å². The third-order valence-corrected chi connectivity index (χ3v) is 6.21. The molecule has 1 aromatic carbocycles. The fourth-order valence-electron chi connectivity index (χ4n) is 4.25. The van der Waals surface area contributed by atoms with Crippen molar-refractivity contribution >= 4 is 5.96 Å². The summed E-state index contributed by atoms with van der Waals surface area (Å²) in [6.07, 6.45) is 0. The Bertz CT molecular complexity index is 671. The molecule has 31 heavy (non-hydrogen) atoms. The van der Waals surface area contributed by atoms with Crippen LogP contribution >= 0.6 is 0 Å². The number of likely N-dealkylation sites (N-methyl/N-ethyl adjacent to an activating group) is 1. The number of nitrogens with one attached hydrogen (secondary N) is 2. The summed E-state index contributed by atoms with van der Waals surface area (Å²) in [4.78, 5) is 11.7. The monoisotopic (exact) mass is 434 g/mol. The van der Waals surface area contributed by atoms with Crippen molar-refractivity contribution in [3.63, 3.8) is 0 Å². The zero-order chi connectivity index (χ0) is 22.1. The number of hydrogen-bond acceptors (Lipinski definition) is 5. The summed E-state index contributed by atoms with van der Waals surface area (Å²) in [6.45, 7) is 12.8. The molecule has 7 nitrogen and oxygen atoms in total. The standard InChI is InChI=1S/C23H39FN6O/c1-19(18-29-10-8-28(3)9-11-29)16-26-23(25-2)27-17-22(30-12-14-31-15-13-30)20-4-6-21(24)7-5-20/h4-7,19,22H,8-18H2,1-3H3,(H2,25,26,27). The Morgan fingerprint density at radius 2 is 1.68 bits per heavy atom. The predicted octanol–water partition coefficient (Wildman–Crippen LogP) is 1.25. The van der Waals surface area contributed by atoms with Crippen molar-refractivity contribution in [3.05, 3.63) is 35.6 Å². The summed E-state index contributed by atoms with van der Waals surface area (Å²) < 4.78 is 19.0. The van der Waals surface area contributed by atoms with Crippen LogP contribution in [0.4, 0.5) is 4.39 Å². The van der Waals surface area contributed by atoms with Gasteiger partial charge in [0.25, 0.3) is 0 Å². The highest BCUT2D eigenvalue weighted by Gasteiger charge is 2.23. The van der Waals surface area contributed by atoms with Gasteiger partial charge in [0.1, 0.15) is 5.82 Å². The third-order valence-electron chi connectivity index (χ3n) is 6.21. The van der Waals surface area contributed by atoms with Gasteiger partial charge >= 0.3 is 0 Å². The molecule has 0 radical (unpaired) electrons. The second-order valence-electron chi connectivity index (χ2n) is 8.76. The molecule has 2 unspecified atom stereocenters. The smallest absolute Gasteiger partial charge is 0.191 e. The van der Waals surface area contributed by atoms with Gasteiger partial charge in [-0.05, 0) is 30.7 Å². The number of morpholine rings is 1. The van der Waals surface area contributed by atoms with E-state index >= 15 is 0 Å². The molecule has 2 fully saturated rings. The van der Waals surface area contributed by atoms with E-state index in [9.17, 15) is 4.39 Å². The zero-order valence-electron chi connectivity index (χ0n) is 19.3. The molecule has 2 heterocycles.